The number of fused-ring (bicyclic) bond motifs is 2. The summed E-state index contributed by atoms with van der Waals surface area (Å²) in [5.41, 5.74) is 8.19. The number of nitrogens with two attached hydrogens (primary N) is 1. The second kappa shape index (κ2) is 5.14. The fraction of sp³-hybridized carbons (Fsp3) is 0.214. The van der Waals surface area contributed by atoms with E-state index in [9.17, 15) is 9.59 Å². The van der Waals surface area contributed by atoms with Gasteiger partial charge in [-0.3, -0.25) is 0 Å². The topological polar surface area (TPSA) is 122 Å². The van der Waals surface area contributed by atoms with E-state index >= 15 is 0 Å². The van der Waals surface area contributed by atoms with E-state index in [-0.39, 0.29) is 0 Å². The molecular weight excluding hydrogens is 334 g/mol. The minimum Gasteiger partial charge on any atom is -0.330 e. The predicted molar refractivity (Wildman–Crippen MR) is 83.9 cm³/mol. The highest BCUT2D eigenvalue weighted by atomic mass is 32.3. The Morgan fingerprint density at radius 3 is 2.62 bits per heavy atom. The van der Waals surface area contributed by atoms with Gasteiger partial charge in [-0.05, 0) is 47.2 Å². The first-order valence-electron chi connectivity index (χ1n) is 7.12. The van der Waals surface area contributed by atoms with Crippen LogP contribution >= 0.6 is 10.6 Å². The lowest BCUT2D eigenvalue weighted by Gasteiger charge is -2.29. The van der Waals surface area contributed by atoms with Crippen molar-refractivity contribution < 1.29 is 18.0 Å². The van der Waals surface area contributed by atoms with Crippen LogP contribution in [-0.2, 0) is 25.0 Å². The Morgan fingerprint density at radius 1 is 1.25 bits per heavy atom. The molecule has 0 bridgehead atoms. The quantitative estimate of drug-likeness (QED) is 0.804. The lowest BCUT2D eigenvalue weighted by atomic mass is 10.0. The Bertz CT molecular complexity index is 890. The SMILES string of the molecule is Cn1nnnc1-c1ccc2c(c1)C(CCN)=CS21OC(=O)C(=O)O1. The number of nitrogens with zero attached hydrogens (tertiary/aromatic N) is 4. The summed E-state index contributed by atoms with van der Waals surface area (Å²) in [6.07, 6.45) is 0.567. The van der Waals surface area contributed by atoms with Gasteiger partial charge in [-0.2, -0.15) is 0 Å². The largest absolute Gasteiger partial charge is 0.441 e. The molecule has 124 valence electrons. The molecule has 0 amide bonds. The molecule has 4 rings (SSSR count). The molecule has 0 radical (unpaired) electrons. The second-order valence-corrected chi connectivity index (χ2v) is 7.40. The third-order valence-corrected chi connectivity index (χ3v) is 6.15. The normalized spacial score (nSPS) is 19.0. The predicted octanol–water partition coefficient (Wildman–Crippen LogP) is 0.674. The lowest BCUT2D eigenvalue weighted by molar-refractivity contribution is -0.150. The van der Waals surface area contributed by atoms with E-state index in [4.69, 9.17) is 14.1 Å². The van der Waals surface area contributed by atoms with Crippen LogP contribution in [0.3, 0.4) is 0 Å². The molecule has 10 heteroatoms. The van der Waals surface area contributed by atoms with Gasteiger partial charge in [0.25, 0.3) is 0 Å². The highest BCUT2D eigenvalue weighted by Gasteiger charge is 2.46. The molecule has 1 aromatic carbocycles. The van der Waals surface area contributed by atoms with Gasteiger partial charge in [0, 0.05) is 18.2 Å². The molecule has 1 spiro atoms. The monoisotopic (exact) mass is 347 g/mol. The molecule has 2 aromatic rings. The molecule has 24 heavy (non-hydrogen) atoms. The van der Waals surface area contributed by atoms with E-state index in [1.54, 1.807) is 29.3 Å². The van der Waals surface area contributed by atoms with Gasteiger partial charge in [-0.15, -0.1) is 5.10 Å². The number of tetrazole rings is 1. The van der Waals surface area contributed by atoms with Gasteiger partial charge in [0.2, 0.25) is 0 Å². The summed E-state index contributed by atoms with van der Waals surface area (Å²) < 4.78 is 12.1. The average molecular weight is 347 g/mol. The Labute approximate surface area is 138 Å². The zero-order chi connectivity index (χ0) is 16.9. The number of hydrogen-bond donors (Lipinski definition) is 1. The summed E-state index contributed by atoms with van der Waals surface area (Å²) in [4.78, 5) is 23.8. The van der Waals surface area contributed by atoms with Crippen molar-refractivity contribution in [3.8, 4) is 11.4 Å². The van der Waals surface area contributed by atoms with Crippen molar-refractivity contribution in [2.24, 2.45) is 12.8 Å². The molecule has 0 atom stereocenters. The van der Waals surface area contributed by atoms with Crippen LogP contribution < -0.4 is 5.73 Å². The number of aryl methyl sites for hydroxylation is 1. The second-order valence-electron chi connectivity index (χ2n) is 5.31. The summed E-state index contributed by atoms with van der Waals surface area (Å²) >= 11 is 0. The maximum Gasteiger partial charge on any atom is 0.441 e. The Hall–Kier alpha value is -2.72. The van der Waals surface area contributed by atoms with Gasteiger partial charge in [-0.25, -0.2) is 14.3 Å². The fourth-order valence-corrected chi connectivity index (χ4v) is 5.15. The van der Waals surface area contributed by atoms with Crippen LogP contribution in [0.25, 0.3) is 17.0 Å². The first-order valence-corrected chi connectivity index (χ1v) is 8.67. The first kappa shape index (κ1) is 14.8. The van der Waals surface area contributed by atoms with Crippen LogP contribution in [0, 0.1) is 0 Å². The van der Waals surface area contributed by atoms with E-state index in [1.165, 1.54) is 0 Å². The van der Waals surface area contributed by atoms with E-state index < -0.39 is 22.5 Å². The van der Waals surface area contributed by atoms with Crippen molar-refractivity contribution in [1.82, 2.24) is 20.2 Å². The zero-order valence-electron chi connectivity index (χ0n) is 12.6. The molecule has 3 heterocycles. The Kier molecular flexibility index (Phi) is 3.18. The Morgan fingerprint density at radius 2 is 2.00 bits per heavy atom. The molecule has 0 aliphatic carbocycles. The summed E-state index contributed by atoms with van der Waals surface area (Å²) in [6, 6.07) is 5.48. The Balaban J connectivity index is 1.85. The van der Waals surface area contributed by atoms with Crippen molar-refractivity contribution >= 4 is 28.1 Å². The number of carbonyl (C=O) groups excluding carboxylic acids is 2. The zero-order valence-corrected chi connectivity index (χ0v) is 13.4. The summed E-state index contributed by atoms with van der Waals surface area (Å²) in [5.74, 6) is -1.34. The first-order chi connectivity index (χ1) is 11.5. The van der Waals surface area contributed by atoms with Gasteiger partial charge < -0.3 is 14.1 Å². The van der Waals surface area contributed by atoms with Gasteiger partial charge in [0.05, 0.1) is 10.3 Å². The van der Waals surface area contributed by atoms with E-state index in [2.05, 4.69) is 15.5 Å². The van der Waals surface area contributed by atoms with E-state index in [0.717, 1.165) is 16.7 Å². The highest BCUT2D eigenvalue weighted by molar-refractivity contribution is 8.29. The summed E-state index contributed by atoms with van der Waals surface area (Å²) in [6.45, 7) is 0.415. The van der Waals surface area contributed by atoms with Crippen LogP contribution in [0.2, 0.25) is 0 Å². The van der Waals surface area contributed by atoms with Gasteiger partial charge >= 0.3 is 11.9 Å². The standard InChI is InChI=1S/C14H13N5O4S/c1-19-12(16-17-18-19)8-2-3-11-10(6-8)9(4-5-15)7-24(11)22-13(20)14(21)23-24/h2-3,6-7H,4-5,15H2,1H3. The number of hydrogen-bond acceptors (Lipinski definition) is 8. The van der Waals surface area contributed by atoms with Crippen molar-refractivity contribution in [3.05, 3.63) is 29.2 Å². The number of benzene rings is 1. The molecule has 1 aromatic heterocycles. The molecular formula is C14H13N5O4S. The van der Waals surface area contributed by atoms with Gasteiger partial charge in [0.1, 0.15) is 0 Å². The highest BCUT2D eigenvalue weighted by Crippen LogP contribution is 2.69. The molecule has 1 saturated heterocycles. The fourth-order valence-electron chi connectivity index (χ4n) is 2.75. The molecule has 2 aliphatic heterocycles. The van der Waals surface area contributed by atoms with Crippen LogP contribution in [-0.4, -0.2) is 38.7 Å². The van der Waals surface area contributed by atoms with Crippen LogP contribution in [0.15, 0.2) is 28.5 Å². The minimum absolute atomic E-state index is 0.415. The molecule has 2 aliphatic rings. The molecule has 2 N–H and O–H groups in total. The van der Waals surface area contributed by atoms with Crippen molar-refractivity contribution in [1.29, 1.82) is 0 Å². The maximum atomic E-state index is 11.5. The molecule has 9 nitrogen and oxygen atoms in total. The van der Waals surface area contributed by atoms with Crippen molar-refractivity contribution in [2.45, 2.75) is 11.3 Å². The average Bonchev–Trinajstić information content (AvgIpc) is 3.18. The third-order valence-electron chi connectivity index (χ3n) is 3.79. The number of aromatic nitrogens is 4. The third kappa shape index (κ3) is 2.03. The molecule has 1 fully saturated rings. The number of carbonyl (C=O) groups is 2. The maximum absolute atomic E-state index is 11.5. The van der Waals surface area contributed by atoms with Gasteiger partial charge in [0.15, 0.2) is 5.82 Å². The molecule has 0 unspecified atom stereocenters. The van der Waals surface area contributed by atoms with Crippen LogP contribution in [0.4, 0.5) is 0 Å². The van der Waals surface area contributed by atoms with Crippen LogP contribution in [0.5, 0.6) is 0 Å². The number of rotatable bonds is 3. The summed E-state index contributed by atoms with van der Waals surface area (Å²) in [7, 11) is -0.783. The van der Waals surface area contributed by atoms with Crippen molar-refractivity contribution in [2.75, 3.05) is 6.54 Å². The summed E-state index contributed by atoms with van der Waals surface area (Å²) in [5, 5.41) is 13.2. The van der Waals surface area contributed by atoms with Crippen molar-refractivity contribution in [3.63, 3.8) is 0 Å². The molecule has 0 saturated carbocycles. The van der Waals surface area contributed by atoms with E-state index in [0.29, 0.717) is 23.7 Å². The minimum atomic E-state index is -2.53. The smallest absolute Gasteiger partial charge is 0.330 e. The van der Waals surface area contributed by atoms with Crippen LogP contribution in [0.1, 0.15) is 12.0 Å². The van der Waals surface area contributed by atoms with Gasteiger partial charge in [-0.1, -0.05) is 10.6 Å². The van der Waals surface area contributed by atoms with E-state index in [1.807, 2.05) is 6.07 Å². The lowest BCUT2D eigenvalue weighted by Crippen LogP contribution is -2.05.